The molecular formula is C54H87NO22. The van der Waals surface area contributed by atoms with Crippen LogP contribution in [0.1, 0.15) is 113 Å². The molecule has 3 unspecified atom stereocenters. The average molecular weight is 1100 g/mol. The molecule has 1 amide bonds. The molecule has 0 aromatic heterocycles. The molecule has 4 heterocycles. The number of hydrogen-bond donors (Lipinski definition) is 13. The number of fused-ring (bicyclic) bond motifs is 7. The Labute approximate surface area is 449 Å². The zero-order valence-corrected chi connectivity index (χ0v) is 45.5. The molecule has 13 N–H and O–H groups in total. The molecule has 8 fully saturated rings. The lowest BCUT2D eigenvalue weighted by Crippen LogP contribution is -2.69. The van der Waals surface area contributed by atoms with E-state index >= 15 is 0 Å². The molecule has 23 nitrogen and oxygen atoms in total. The quantitative estimate of drug-likeness (QED) is 0.0817. The van der Waals surface area contributed by atoms with Crippen molar-refractivity contribution >= 4 is 11.9 Å². The fourth-order valence-electron chi connectivity index (χ4n) is 16.5. The number of aliphatic hydroxyl groups is 11. The molecule has 0 spiro atoms. The Kier molecular flexibility index (Phi) is 16.7. The van der Waals surface area contributed by atoms with Crippen molar-refractivity contribution in [3.05, 3.63) is 11.6 Å². The van der Waals surface area contributed by atoms with Gasteiger partial charge in [0, 0.05) is 6.92 Å². The maximum Gasteiger partial charge on any atom is 0.312 e. The van der Waals surface area contributed by atoms with Crippen molar-refractivity contribution in [3.63, 3.8) is 0 Å². The molecule has 23 heteroatoms. The van der Waals surface area contributed by atoms with Crippen molar-refractivity contribution in [3.8, 4) is 0 Å². The van der Waals surface area contributed by atoms with Crippen molar-refractivity contribution in [2.45, 2.75) is 236 Å². The molecule has 0 aromatic rings. The molecule has 9 rings (SSSR count). The summed E-state index contributed by atoms with van der Waals surface area (Å²) < 4.78 is 48.8. The average Bonchev–Trinajstić information content (AvgIpc) is 3.36. The third-order valence-corrected chi connectivity index (χ3v) is 21.1. The van der Waals surface area contributed by atoms with Gasteiger partial charge in [-0.25, -0.2) is 0 Å². The van der Waals surface area contributed by atoms with E-state index in [-0.39, 0.29) is 29.1 Å². The minimum absolute atomic E-state index is 0.0532. The minimum Gasteiger partial charge on any atom is -0.481 e. The Hall–Kier alpha value is -2.08. The molecule has 4 aliphatic heterocycles. The van der Waals surface area contributed by atoms with Crippen LogP contribution in [0.5, 0.6) is 0 Å². The first-order valence-electron chi connectivity index (χ1n) is 27.7. The lowest BCUT2D eigenvalue weighted by atomic mass is 9.33. The van der Waals surface area contributed by atoms with Crippen molar-refractivity contribution in [1.82, 2.24) is 5.32 Å². The van der Waals surface area contributed by atoms with Gasteiger partial charge in [0.25, 0.3) is 0 Å². The number of hydrogen-bond acceptors (Lipinski definition) is 21. The van der Waals surface area contributed by atoms with Gasteiger partial charge in [0.2, 0.25) is 5.91 Å². The maximum atomic E-state index is 14.0. The summed E-state index contributed by atoms with van der Waals surface area (Å²) in [6, 6.07) is -1.22. The summed E-state index contributed by atoms with van der Waals surface area (Å²) in [5.41, 5.74) is -2.37. The molecule has 4 saturated carbocycles. The third kappa shape index (κ3) is 9.96. The van der Waals surface area contributed by atoms with Gasteiger partial charge in [-0.2, -0.15) is 0 Å². The summed E-state index contributed by atoms with van der Waals surface area (Å²) >= 11 is 0. The fourth-order valence-corrected chi connectivity index (χ4v) is 16.5. The second-order valence-electron chi connectivity index (χ2n) is 26.3. The van der Waals surface area contributed by atoms with Gasteiger partial charge in [-0.15, -0.1) is 0 Å². The number of nitrogens with one attached hydrogen (secondary N) is 1. The van der Waals surface area contributed by atoms with E-state index < -0.39 is 189 Å². The highest BCUT2D eigenvalue weighted by Gasteiger charge is 2.72. The summed E-state index contributed by atoms with van der Waals surface area (Å²) in [5.74, 6) is -1.81. The number of carboxylic acids is 1. The van der Waals surface area contributed by atoms with Crippen molar-refractivity contribution < 1.29 is 109 Å². The van der Waals surface area contributed by atoms with Crippen molar-refractivity contribution in [2.24, 2.45) is 50.2 Å². The first-order chi connectivity index (χ1) is 36.0. The highest BCUT2D eigenvalue weighted by Crippen LogP contribution is 2.76. The van der Waals surface area contributed by atoms with Crippen LogP contribution in [0.15, 0.2) is 11.6 Å². The van der Waals surface area contributed by atoms with Gasteiger partial charge < -0.3 is 104 Å². The molecule has 4 saturated heterocycles. The second kappa shape index (κ2) is 21.6. The molecular weight excluding hydrogens is 1010 g/mol. The minimum atomic E-state index is -1.74. The van der Waals surface area contributed by atoms with Crippen LogP contribution in [-0.2, 0) is 47.5 Å². The van der Waals surface area contributed by atoms with Crippen LogP contribution in [0, 0.1) is 50.2 Å². The van der Waals surface area contributed by atoms with Crippen LogP contribution in [-0.4, -0.2) is 222 Å². The summed E-state index contributed by atoms with van der Waals surface area (Å²) in [4.78, 5) is 26.7. The predicted octanol–water partition coefficient (Wildman–Crippen LogP) is -1.08. The van der Waals surface area contributed by atoms with Gasteiger partial charge in [0.1, 0.15) is 90.8 Å². The summed E-state index contributed by atoms with van der Waals surface area (Å²) in [5, 5.41) is 132. The number of ether oxygens (including phenoxy) is 8. The number of carbonyl (C=O) groups excluding carboxylic acids is 1. The fraction of sp³-hybridized carbons (Fsp3) is 0.926. The van der Waals surface area contributed by atoms with Crippen molar-refractivity contribution in [2.75, 3.05) is 26.4 Å². The number of aliphatic carboxylic acids is 1. The second-order valence-corrected chi connectivity index (χ2v) is 26.3. The smallest absolute Gasteiger partial charge is 0.312 e. The SMILES string of the molecule is CC(=O)N[C@H]1[C@H](O[C@H]2CC[C@@]3(C)C(CC[C@]4(C)C3CC=C3C5CC(C)(C)CC[C@]5(C(=O)O)[C@H](O[C@@H]5O[C@H](CO)[C@@H](O)[C@H](O)[C@H]5O)C[C@]34C)C2(C)C)O[C@H](CO[C@@H]2OC[C@H](O)[C@H](O)[C@H]2O[C@@H]2OC[C@@H](O)[C@H](O)[C@H]2O)[C@@H](O)[C@@H]1O. The number of allylic oxidation sites excluding steroid dienone is 2. The Balaban J connectivity index is 0.957. The Bertz CT molecular complexity index is 2170. The van der Waals surface area contributed by atoms with E-state index in [1.807, 2.05) is 0 Å². The molecule has 0 bridgehead atoms. The van der Waals surface area contributed by atoms with Gasteiger partial charge in [0.15, 0.2) is 25.2 Å². The summed E-state index contributed by atoms with van der Waals surface area (Å²) in [7, 11) is 0. The van der Waals surface area contributed by atoms with E-state index in [0.717, 1.165) is 18.4 Å². The van der Waals surface area contributed by atoms with Gasteiger partial charge in [-0.3, -0.25) is 9.59 Å². The number of carbonyl (C=O) groups is 2. The van der Waals surface area contributed by atoms with Crippen LogP contribution < -0.4 is 5.32 Å². The molecule has 0 aromatic carbocycles. The van der Waals surface area contributed by atoms with E-state index in [9.17, 15) is 70.9 Å². The predicted molar refractivity (Wildman–Crippen MR) is 264 cm³/mol. The molecule has 0 radical (unpaired) electrons. The highest BCUT2D eigenvalue weighted by molar-refractivity contribution is 5.78. The highest BCUT2D eigenvalue weighted by atomic mass is 16.8. The number of carboxylic acid groups (broad SMARTS) is 1. The zero-order chi connectivity index (χ0) is 56.3. The van der Waals surface area contributed by atoms with E-state index in [1.165, 1.54) is 6.92 Å². The largest absolute Gasteiger partial charge is 0.481 e. The first-order valence-corrected chi connectivity index (χ1v) is 27.7. The lowest BCUT2D eigenvalue weighted by molar-refractivity contribution is -0.352. The van der Waals surface area contributed by atoms with Gasteiger partial charge in [-0.05, 0) is 103 Å². The van der Waals surface area contributed by atoms with Crippen molar-refractivity contribution in [1.29, 1.82) is 0 Å². The number of aliphatic hydroxyl groups excluding tert-OH is 11. The van der Waals surface area contributed by atoms with E-state index in [0.29, 0.717) is 38.5 Å². The monoisotopic (exact) mass is 1100 g/mol. The zero-order valence-electron chi connectivity index (χ0n) is 45.5. The molecule has 5 aliphatic carbocycles. The van der Waals surface area contributed by atoms with Crippen LogP contribution in [0.2, 0.25) is 0 Å². The van der Waals surface area contributed by atoms with E-state index in [4.69, 9.17) is 37.9 Å². The van der Waals surface area contributed by atoms with Gasteiger partial charge in [0.05, 0.1) is 38.6 Å². The molecule has 9 aliphatic rings. The first kappa shape index (κ1) is 59.5. The van der Waals surface area contributed by atoms with E-state index in [1.54, 1.807) is 0 Å². The third-order valence-electron chi connectivity index (χ3n) is 21.1. The topological polar surface area (TPSA) is 363 Å². The summed E-state index contributed by atoms with van der Waals surface area (Å²) in [6.45, 7) is 14.9. The van der Waals surface area contributed by atoms with Crippen LogP contribution >= 0.6 is 0 Å². The van der Waals surface area contributed by atoms with E-state index in [2.05, 4.69) is 59.9 Å². The Morgan fingerprint density at radius 1 is 0.649 bits per heavy atom. The number of amides is 1. The Morgan fingerprint density at radius 3 is 1.94 bits per heavy atom. The van der Waals surface area contributed by atoms with Crippen LogP contribution in [0.25, 0.3) is 0 Å². The van der Waals surface area contributed by atoms with Crippen LogP contribution in [0.4, 0.5) is 0 Å². The van der Waals surface area contributed by atoms with Crippen LogP contribution in [0.3, 0.4) is 0 Å². The maximum absolute atomic E-state index is 14.0. The van der Waals surface area contributed by atoms with Gasteiger partial charge in [-0.1, -0.05) is 60.1 Å². The Morgan fingerprint density at radius 2 is 1.27 bits per heavy atom. The lowest BCUT2D eigenvalue weighted by Gasteiger charge is -2.72. The summed E-state index contributed by atoms with van der Waals surface area (Å²) in [6.07, 6.45) is -20.0. The molecule has 440 valence electrons. The molecule has 27 atom stereocenters. The normalized spacial score (nSPS) is 52.4. The number of rotatable bonds is 12. The standard InChI is InChI=1S/C54H87NO22/c1-23(57)55-34-39(64)38(63)29(22-72-47-43(36(61)27(59)21-71-47)77-45-41(66)35(60)26(58)20-70-45)74-44(34)75-32-12-13-51(6)30(50(32,4)5)11-14-52(7)31(51)10-9-24-25-17-49(2,3)15-16-54(25,48(68)69)33(18-53(24,52)8)76-46-42(67)40(65)37(62)28(19-56)73-46/h9,25-47,56,58-67H,10-22H2,1-8H3,(H,55,57)(H,68,69)/t25?,26-,27+,28-,29-,30?,31?,32+,33-,34-,35+,36+,37-,38-,39-,40+,41-,42-,43-,44+,45+,46+,47+,51+,52-,53-,54-/m1/s1. The molecule has 77 heavy (non-hydrogen) atoms. The van der Waals surface area contributed by atoms with Gasteiger partial charge >= 0.3 is 5.97 Å².